The van der Waals surface area contributed by atoms with E-state index in [0.29, 0.717) is 18.1 Å². The van der Waals surface area contributed by atoms with E-state index in [1.54, 1.807) is 6.26 Å². The minimum absolute atomic E-state index is 0.312. The first kappa shape index (κ1) is 11.7. The molecule has 0 bridgehead atoms. The molecule has 1 fully saturated rings. The first-order valence-electron chi connectivity index (χ1n) is 6.20. The summed E-state index contributed by atoms with van der Waals surface area (Å²) in [6, 6.07) is 5.55. The van der Waals surface area contributed by atoms with Crippen LogP contribution in [0.25, 0.3) is 0 Å². The summed E-state index contributed by atoms with van der Waals surface area (Å²) in [4.78, 5) is 2.52. The molecule has 1 aliphatic rings. The fourth-order valence-electron chi connectivity index (χ4n) is 2.37. The van der Waals surface area contributed by atoms with E-state index in [9.17, 15) is 0 Å². The minimum atomic E-state index is 0.312. The lowest BCUT2D eigenvalue weighted by atomic mass is 10.2. The Morgan fingerprint density at radius 3 is 2.81 bits per heavy atom. The molecule has 2 heterocycles. The Bertz CT molecular complexity index is 308. The first-order chi connectivity index (χ1) is 7.66. The molecule has 1 aromatic heterocycles. The molecule has 1 unspecified atom stereocenters. The molecule has 90 valence electrons. The number of nitrogens with zero attached hydrogens (tertiary/aromatic N) is 1. The summed E-state index contributed by atoms with van der Waals surface area (Å²) in [6.07, 6.45) is 2.98. The molecule has 2 atom stereocenters. The maximum atomic E-state index is 5.40. The van der Waals surface area contributed by atoms with E-state index in [1.807, 2.05) is 12.1 Å². The average molecular weight is 222 g/mol. The average Bonchev–Trinajstić information content (AvgIpc) is 2.87. The third kappa shape index (κ3) is 2.66. The summed E-state index contributed by atoms with van der Waals surface area (Å²) >= 11 is 0. The number of nitrogens with one attached hydrogen (secondary N) is 1. The number of hydrogen-bond acceptors (Lipinski definition) is 3. The van der Waals surface area contributed by atoms with Gasteiger partial charge in [-0.2, -0.15) is 0 Å². The molecule has 0 amide bonds. The van der Waals surface area contributed by atoms with Crippen molar-refractivity contribution in [2.75, 3.05) is 13.1 Å². The molecule has 0 aromatic carbocycles. The summed E-state index contributed by atoms with van der Waals surface area (Å²) in [5, 5.41) is 3.63. The van der Waals surface area contributed by atoms with E-state index < -0.39 is 0 Å². The molecule has 3 nitrogen and oxygen atoms in total. The van der Waals surface area contributed by atoms with Crippen molar-refractivity contribution in [1.82, 2.24) is 10.2 Å². The van der Waals surface area contributed by atoms with Crippen molar-refractivity contribution in [2.24, 2.45) is 0 Å². The highest BCUT2D eigenvalue weighted by atomic mass is 16.3. The summed E-state index contributed by atoms with van der Waals surface area (Å²) in [6.45, 7) is 9.05. The van der Waals surface area contributed by atoms with Crippen LogP contribution in [0.5, 0.6) is 0 Å². The summed E-state index contributed by atoms with van der Waals surface area (Å²) in [7, 11) is 0. The lowest BCUT2D eigenvalue weighted by molar-refractivity contribution is 0.264. The molecule has 0 spiro atoms. The zero-order chi connectivity index (χ0) is 11.5. The monoisotopic (exact) mass is 222 g/mol. The van der Waals surface area contributed by atoms with Gasteiger partial charge >= 0.3 is 0 Å². The van der Waals surface area contributed by atoms with Gasteiger partial charge in [0.15, 0.2) is 0 Å². The molecule has 0 saturated carbocycles. The van der Waals surface area contributed by atoms with Crippen molar-refractivity contribution >= 4 is 0 Å². The Kier molecular flexibility index (Phi) is 3.66. The third-order valence-corrected chi connectivity index (χ3v) is 3.41. The maximum Gasteiger partial charge on any atom is 0.120 e. The number of rotatable bonds is 4. The SMILES string of the molecule is CC(C)N1CCC(N[C@H](C)c2ccco2)C1. The normalized spacial score (nSPS) is 24.1. The van der Waals surface area contributed by atoms with Gasteiger partial charge in [-0.15, -0.1) is 0 Å². The standard InChI is InChI=1S/C13H22N2O/c1-10(2)15-7-6-12(9-15)14-11(3)13-5-4-8-16-13/h4-5,8,10-12,14H,6-7,9H2,1-3H3/t11-,12?/m1/s1. The smallest absolute Gasteiger partial charge is 0.120 e. The van der Waals surface area contributed by atoms with Crippen LogP contribution in [-0.2, 0) is 0 Å². The van der Waals surface area contributed by atoms with Gasteiger partial charge in [0.1, 0.15) is 5.76 Å². The van der Waals surface area contributed by atoms with Crippen LogP contribution in [0.2, 0.25) is 0 Å². The van der Waals surface area contributed by atoms with Gasteiger partial charge in [0.05, 0.1) is 12.3 Å². The molecule has 1 N–H and O–H groups in total. The van der Waals surface area contributed by atoms with Gasteiger partial charge in [-0.25, -0.2) is 0 Å². The summed E-state index contributed by atoms with van der Waals surface area (Å²) in [5.41, 5.74) is 0. The number of likely N-dealkylation sites (tertiary alicyclic amines) is 1. The predicted molar refractivity (Wildman–Crippen MR) is 65.4 cm³/mol. The second kappa shape index (κ2) is 5.02. The highest BCUT2D eigenvalue weighted by Crippen LogP contribution is 2.18. The Labute approximate surface area is 97.8 Å². The molecule has 0 aliphatic carbocycles. The van der Waals surface area contributed by atoms with Gasteiger partial charge in [0.2, 0.25) is 0 Å². The van der Waals surface area contributed by atoms with Gasteiger partial charge in [-0.05, 0) is 45.9 Å². The fraction of sp³-hybridized carbons (Fsp3) is 0.692. The predicted octanol–water partition coefficient (Wildman–Crippen LogP) is 2.41. The van der Waals surface area contributed by atoms with Crippen molar-refractivity contribution in [1.29, 1.82) is 0 Å². The molecule has 1 aromatic rings. The summed E-state index contributed by atoms with van der Waals surface area (Å²) in [5.74, 6) is 1.03. The van der Waals surface area contributed by atoms with Gasteiger partial charge < -0.3 is 9.73 Å². The van der Waals surface area contributed by atoms with Gasteiger partial charge in [0, 0.05) is 18.6 Å². The van der Waals surface area contributed by atoms with Crippen LogP contribution in [0.1, 0.15) is 39.0 Å². The zero-order valence-corrected chi connectivity index (χ0v) is 10.4. The van der Waals surface area contributed by atoms with E-state index in [0.717, 1.165) is 12.3 Å². The van der Waals surface area contributed by atoms with Crippen molar-refractivity contribution in [3.05, 3.63) is 24.2 Å². The Hall–Kier alpha value is -0.800. The lowest BCUT2D eigenvalue weighted by Crippen LogP contribution is -2.36. The van der Waals surface area contributed by atoms with E-state index in [-0.39, 0.29) is 0 Å². The largest absolute Gasteiger partial charge is 0.468 e. The van der Waals surface area contributed by atoms with E-state index in [2.05, 4.69) is 31.0 Å². The van der Waals surface area contributed by atoms with Crippen molar-refractivity contribution in [3.8, 4) is 0 Å². The Morgan fingerprint density at radius 2 is 2.25 bits per heavy atom. The molecule has 16 heavy (non-hydrogen) atoms. The second-order valence-corrected chi connectivity index (χ2v) is 4.98. The van der Waals surface area contributed by atoms with E-state index in [1.165, 1.54) is 13.0 Å². The van der Waals surface area contributed by atoms with Crippen LogP contribution in [0.3, 0.4) is 0 Å². The maximum absolute atomic E-state index is 5.40. The van der Waals surface area contributed by atoms with Gasteiger partial charge in [0.25, 0.3) is 0 Å². The highest BCUT2D eigenvalue weighted by molar-refractivity contribution is 5.04. The quantitative estimate of drug-likeness (QED) is 0.848. The number of furan rings is 1. The van der Waals surface area contributed by atoms with Gasteiger partial charge in [-0.1, -0.05) is 0 Å². The van der Waals surface area contributed by atoms with Crippen molar-refractivity contribution in [2.45, 2.75) is 45.3 Å². The van der Waals surface area contributed by atoms with Crippen LogP contribution in [-0.4, -0.2) is 30.1 Å². The molecular weight excluding hydrogens is 200 g/mol. The minimum Gasteiger partial charge on any atom is -0.468 e. The Balaban J connectivity index is 1.83. The first-order valence-corrected chi connectivity index (χ1v) is 6.20. The summed E-state index contributed by atoms with van der Waals surface area (Å²) < 4.78 is 5.40. The lowest BCUT2D eigenvalue weighted by Gasteiger charge is -2.22. The number of hydrogen-bond donors (Lipinski definition) is 1. The van der Waals surface area contributed by atoms with E-state index >= 15 is 0 Å². The second-order valence-electron chi connectivity index (χ2n) is 4.98. The third-order valence-electron chi connectivity index (χ3n) is 3.41. The van der Waals surface area contributed by atoms with Crippen LogP contribution in [0.15, 0.2) is 22.8 Å². The van der Waals surface area contributed by atoms with Crippen LogP contribution < -0.4 is 5.32 Å². The van der Waals surface area contributed by atoms with Crippen molar-refractivity contribution in [3.63, 3.8) is 0 Å². The molecule has 3 heteroatoms. The fourth-order valence-corrected chi connectivity index (χ4v) is 2.37. The van der Waals surface area contributed by atoms with Gasteiger partial charge in [-0.3, -0.25) is 4.90 Å². The highest BCUT2D eigenvalue weighted by Gasteiger charge is 2.25. The molecule has 2 rings (SSSR count). The Morgan fingerprint density at radius 1 is 1.44 bits per heavy atom. The molecular formula is C13H22N2O. The van der Waals surface area contributed by atoms with E-state index in [4.69, 9.17) is 4.42 Å². The van der Waals surface area contributed by atoms with Crippen LogP contribution in [0.4, 0.5) is 0 Å². The molecule has 1 saturated heterocycles. The zero-order valence-electron chi connectivity index (χ0n) is 10.4. The van der Waals surface area contributed by atoms with Crippen molar-refractivity contribution < 1.29 is 4.42 Å². The van der Waals surface area contributed by atoms with Crippen LogP contribution >= 0.6 is 0 Å². The molecule has 1 aliphatic heterocycles. The van der Waals surface area contributed by atoms with Crippen LogP contribution in [0, 0.1) is 0 Å². The topological polar surface area (TPSA) is 28.4 Å². The molecule has 0 radical (unpaired) electrons.